The van der Waals surface area contributed by atoms with Crippen LogP contribution in [-0.4, -0.2) is 5.11 Å². The lowest BCUT2D eigenvalue weighted by molar-refractivity contribution is 0.217. The predicted molar refractivity (Wildman–Crippen MR) is 94.8 cm³/mol. The quantitative estimate of drug-likeness (QED) is 0.485. The Hall–Kier alpha value is -2.64. The Morgan fingerprint density at radius 3 is 2.22 bits per heavy atom. The van der Waals surface area contributed by atoms with Crippen LogP contribution < -0.4 is 0 Å². The molecule has 4 aromatic rings. The number of aliphatic hydroxyl groups is 1. The van der Waals surface area contributed by atoms with Gasteiger partial charge in [0.1, 0.15) is 6.10 Å². The highest BCUT2D eigenvalue weighted by Gasteiger charge is 2.25. The van der Waals surface area contributed by atoms with Gasteiger partial charge in [0.25, 0.3) is 0 Å². The van der Waals surface area contributed by atoms with Gasteiger partial charge in [-0.1, -0.05) is 66.7 Å². The summed E-state index contributed by atoms with van der Waals surface area (Å²) < 4.78 is 0. The highest BCUT2D eigenvalue weighted by atomic mass is 16.3. The van der Waals surface area contributed by atoms with Crippen LogP contribution in [0.5, 0.6) is 0 Å². The van der Waals surface area contributed by atoms with E-state index >= 15 is 0 Å². The smallest absolute Gasteiger partial charge is 0.105 e. The summed E-state index contributed by atoms with van der Waals surface area (Å²) in [6.45, 7) is 0. The van der Waals surface area contributed by atoms with E-state index in [2.05, 4.69) is 54.6 Å². The van der Waals surface area contributed by atoms with Gasteiger partial charge in [-0.25, -0.2) is 0 Å². The van der Waals surface area contributed by atoms with Crippen molar-refractivity contribution in [2.75, 3.05) is 0 Å². The summed E-state index contributed by atoms with van der Waals surface area (Å²) in [7, 11) is 0. The first kappa shape index (κ1) is 12.9. The van der Waals surface area contributed by atoms with Crippen LogP contribution in [0.15, 0.2) is 72.8 Å². The van der Waals surface area contributed by atoms with Crippen LogP contribution in [-0.2, 0) is 6.42 Å². The molecule has 0 spiro atoms. The Kier molecular flexibility index (Phi) is 2.61. The van der Waals surface area contributed by atoms with Crippen LogP contribution in [0.2, 0.25) is 0 Å². The molecule has 0 fully saturated rings. The Bertz CT molecular complexity index is 1060. The number of hydrogen-bond acceptors (Lipinski definition) is 1. The second kappa shape index (κ2) is 4.68. The van der Waals surface area contributed by atoms with Gasteiger partial charge < -0.3 is 5.11 Å². The molecule has 1 unspecified atom stereocenters. The monoisotopic (exact) mass is 296 g/mol. The van der Waals surface area contributed by atoms with Crippen molar-refractivity contribution in [1.82, 2.24) is 0 Å². The largest absolute Gasteiger partial charge is 0.384 e. The highest BCUT2D eigenvalue weighted by Crippen LogP contribution is 2.40. The molecule has 1 aliphatic rings. The molecule has 4 aromatic carbocycles. The number of benzene rings is 4. The topological polar surface area (TPSA) is 20.2 Å². The minimum Gasteiger partial charge on any atom is -0.384 e. The summed E-state index contributed by atoms with van der Waals surface area (Å²) in [5, 5.41) is 15.9. The van der Waals surface area contributed by atoms with Gasteiger partial charge in [-0.05, 0) is 56.3 Å². The van der Waals surface area contributed by atoms with Crippen molar-refractivity contribution in [3.05, 3.63) is 95.1 Å². The van der Waals surface area contributed by atoms with E-state index in [1.54, 1.807) is 0 Å². The van der Waals surface area contributed by atoms with Gasteiger partial charge in [0.2, 0.25) is 0 Å². The van der Waals surface area contributed by atoms with Crippen LogP contribution in [0.25, 0.3) is 21.5 Å². The van der Waals surface area contributed by atoms with Crippen molar-refractivity contribution in [3.63, 3.8) is 0 Å². The maximum Gasteiger partial charge on any atom is 0.105 e. The van der Waals surface area contributed by atoms with E-state index in [-0.39, 0.29) is 0 Å². The molecule has 0 aliphatic heterocycles. The second-order valence-electron chi connectivity index (χ2n) is 6.34. The van der Waals surface area contributed by atoms with Crippen LogP contribution in [0, 0.1) is 0 Å². The van der Waals surface area contributed by atoms with Crippen LogP contribution >= 0.6 is 0 Å². The first-order valence-corrected chi connectivity index (χ1v) is 8.01. The molecule has 0 amide bonds. The summed E-state index contributed by atoms with van der Waals surface area (Å²) in [5.74, 6) is 0. The lowest BCUT2D eigenvalue weighted by Gasteiger charge is -2.27. The third-order valence-corrected chi connectivity index (χ3v) is 5.02. The molecule has 1 atom stereocenters. The van der Waals surface area contributed by atoms with Gasteiger partial charge in [0.05, 0.1) is 0 Å². The van der Waals surface area contributed by atoms with Gasteiger partial charge >= 0.3 is 0 Å². The molecule has 1 heteroatoms. The molecular weight excluding hydrogens is 280 g/mol. The number of fused-ring (bicyclic) bond motifs is 5. The summed E-state index contributed by atoms with van der Waals surface area (Å²) in [5.41, 5.74) is 4.59. The molecule has 1 N–H and O–H groups in total. The lowest BCUT2D eigenvalue weighted by Crippen LogP contribution is -2.14. The fraction of sp³-hybridized carbons (Fsp3) is 0.0909. The van der Waals surface area contributed by atoms with E-state index < -0.39 is 6.10 Å². The molecular formula is C22H16O. The highest BCUT2D eigenvalue weighted by molar-refractivity contribution is 5.90. The molecule has 1 nitrogen and oxygen atoms in total. The molecule has 0 saturated heterocycles. The number of aliphatic hydroxyl groups excluding tert-OH is 1. The van der Waals surface area contributed by atoms with Crippen molar-refractivity contribution in [1.29, 1.82) is 0 Å². The zero-order valence-corrected chi connectivity index (χ0v) is 12.7. The Balaban J connectivity index is 1.80. The maximum absolute atomic E-state index is 11.1. The zero-order valence-electron chi connectivity index (χ0n) is 12.7. The Morgan fingerprint density at radius 1 is 0.696 bits per heavy atom. The zero-order chi connectivity index (χ0) is 15.4. The third kappa shape index (κ3) is 1.84. The van der Waals surface area contributed by atoms with Gasteiger partial charge in [0.15, 0.2) is 0 Å². The number of hydrogen-bond donors (Lipinski definition) is 1. The summed E-state index contributed by atoms with van der Waals surface area (Å²) in [6, 6.07) is 25.4. The van der Waals surface area contributed by atoms with Gasteiger partial charge in [-0.15, -0.1) is 0 Å². The molecule has 0 radical (unpaired) electrons. The molecule has 1 aliphatic carbocycles. The third-order valence-electron chi connectivity index (χ3n) is 5.02. The van der Waals surface area contributed by atoms with Crippen molar-refractivity contribution in [2.45, 2.75) is 12.5 Å². The standard InChI is InChI=1S/C22H16O/c23-22-20-13-16-7-2-1-6-15(16)11-18(20)12-17-10-9-14-5-3-4-8-19(14)21(17)22/h1-11,13,22-23H,12H2. The normalized spacial score (nSPS) is 16.3. The average molecular weight is 296 g/mol. The van der Waals surface area contributed by atoms with E-state index in [0.717, 1.165) is 22.9 Å². The minimum atomic E-state index is -0.551. The molecule has 0 heterocycles. The van der Waals surface area contributed by atoms with Gasteiger partial charge in [-0.2, -0.15) is 0 Å². The van der Waals surface area contributed by atoms with Crippen molar-refractivity contribution >= 4 is 21.5 Å². The molecule has 0 bridgehead atoms. The summed E-state index contributed by atoms with van der Waals surface area (Å²) in [4.78, 5) is 0. The van der Waals surface area contributed by atoms with E-state index in [4.69, 9.17) is 0 Å². The van der Waals surface area contributed by atoms with Crippen LogP contribution in [0.1, 0.15) is 28.4 Å². The average Bonchev–Trinajstić information content (AvgIpc) is 2.60. The molecule has 110 valence electrons. The van der Waals surface area contributed by atoms with Crippen LogP contribution in [0.3, 0.4) is 0 Å². The minimum absolute atomic E-state index is 0.551. The Labute approximate surface area is 134 Å². The lowest BCUT2D eigenvalue weighted by atomic mass is 9.80. The SMILES string of the molecule is OC1c2cc3ccccc3cc2Cc2ccc3ccccc3c21. The summed E-state index contributed by atoms with van der Waals surface area (Å²) >= 11 is 0. The van der Waals surface area contributed by atoms with Crippen molar-refractivity contribution in [2.24, 2.45) is 0 Å². The molecule has 23 heavy (non-hydrogen) atoms. The fourth-order valence-corrected chi connectivity index (χ4v) is 3.89. The van der Waals surface area contributed by atoms with Crippen molar-refractivity contribution < 1.29 is 5.11 Å². The van der Waals surface area contributed by atoms with Crippen molar-refractivity contribution in [3.8, 4) is 0 Å². The number of rotatable bonds is 0. The molecule has 5 rings (SSSR count). The van der Waals surface area contributed by atoms with Crippen LogP contribution in [0.4, 0.5) is 0 Å². The summed E-state index contributed by atoms with van der Waals surface area (Å²) in [6.07, 6.45) is 0.335. The first-order chi connectivity index (χ1) is 11.3. The molecule has 0 saturated carbocycles. The Morgan fingerprint density at radius 2 is 1.39 bits per heavy atom. The second-order valence-corrected chi connectivity index (χ2v) is 6.34. The first-order valence-electron chi connectivity index (χ1n) is 8.01. The van der Waals surface area contributed by atoms with Gasteiger partial charge in [-0.3, -0.25) is 0 Å². The van der Waals surface area contributed by atoms with Gasteiger partial charge in [0, 0.05) is 0 Å². The fourth-order valence-electron chi connectivity index (χ4n) is 3.89. The molecule has 0 aromatic heterocycles. The predicted octanol–water partition coefficient (Wildman–Crippen LogP) is 4.98. The van der Waals surface area contributed by atoms with E-state index in [1.165, 1.54) is 27.3 Å². The van der Waals surface area contributed by atoms with E-state index in [0.29, 0.717) is 0 Å². The van der Waals surface area contributed by atoms with E-state index in [1.807, 2.05) is 18.2 Å². The van der Waals surface area contributed by atoms with E-state index in [9.17, 15) is 5.11 Å². The maximum atomic E-state index is 11.1.